The van der Waals surface area contributed by atoms with Crippen LogP contribution in [0.4, 0.5) is 17.2 Å². The van der Waals surface area contributed by atoms with Crippen molar-refractivity contribution in [3.8, 4) is 0 Å². The Balaban J connectivity index is 2.45. The van der Waals surface area contributed by atoms with Gasteiger partial charge in [-0.25, -0.2) is 4.98 Å². The number of halogens is 1. The summed E-state index contributed by atoms with van der Waals surface area (Å²) in [5.41, 5.74) is 8.86. The van der Waals surface area contributed by atoms with Crippen molar-refractivity contribution in [1.82, 2.24) is 4.98 Å². The molecule has 4 heteroatoms. The maximum Gasteiger partial charge on any atom is 0.156 e. The highest BCUT2D eigenvalue weighted by Gasteiger charge is 2.12. The van der Waals surface area contributed by atoms with Crippen LogP contribution in [-0.4, -0.2) is 11.5 Å². The molecule has 0 radical (unpaired) electrons. The normalized spacial score (nSPS) is 10.4. The quantitative estimate of drug-likeness (QED) is 0.914. The molecular weight excluding hydrogens is 246 g/mol. The SMILES string of the molecule is CCN(c1cccc(C)c1)c1ncc(Cl)cc1N. The van der Waals surface area contributed by atoms with Gasteiger partial charge in [0.05, 0.1) is 10.7 Å². The molecule has 1 heterocycles. The number of hydrogen-bond acceptors (Lipinski definition) is 3. The fourth-order valence-corrected chi connectivity index (χ4v) is 2.09. The smallest absolute Gasteiger partial charge is 0.156 e. The van der Waals surface area contributed by atoms with Gasteiger partial charge in [0.15, 0.2) is 5.82 Å². The molecule has 0 spiro atoms. The predicted octanol–water partition coefficient (Wildman–Crippen LogP) is 3.78. The van der Waals surface area contributed by atoms with Crippen LogP contribution in [0.5, 0.6) is 0 Å². The average molecular weight is 262 g/mol. The lowest BCUT2D eigenvalue weighted by Crippen LogP contribution is -2.18. The second-order valence-electron chi connectivity index (χ2n) is 4.15. The van der Waals surface area contributed by atoms with Crippen molar-refractivity contribution in [3.05, 3.63) is 47.1 Å². The third-order valence-corrected chi connectivity index (χ3v) is 2.95. The Kier molecular flexibility index (Phi) is 3.72. The molecule has 0 atom stereocenters. The molecule has 94 valence electrons. The topological polar surface area (TPSA) is 42.2 Å². The number of aryl methyl sites for hydroxylation is 1. The highest BCUT2D eigenvalue weighted by molar-refractivity contribution is 6.30. The summed E-state index contributed by atoms with van der Waals surface area (Å²) in [6.07, 6.45) is 1.62. The number of pyridine rings is 1. The Labute approximate surface area is 112 Å². The summed E-state index contributed by atoms with van der Waals surface area (Å²) in [5, 5.41) is 0.552. The zero-order chi connectivity index (χ0) is 13.1. The van der Waals surface area contributed by atoms with Crippen LogP contribution < -0.4 is 10.6 Å². The van der Waals surface area contributed by atoms with E-state index in [1.54, 1.807) is 12.3 Å². The molecule has 0 unspecified atom stereocenters. The molecule has 0 bridgehead atoms. The molecule has 0 aliphatic heterocycles. The molecule has 2 rings (SSSR count). The maximum atomic E-state index is 5.98. The molecule has 0 amide bonds. The summed E-state index contributed by atoms with van der Waals surface area (Å²) in [6, 6.07) is 9.98. The lowest BCUT2D eigenvalue weighted by molar-refractivity contribution is 0.991. The molecule has 0 fully saturated rings. The molecule has 0 aliphatic rings. The van der Waals surface area contributed by atoms with Crippen molar-refractivity contribution in [2.75, 3.05) is 17.2 Å². The lowest BCUT2D eigenvalue weighted by Gasteiger charge is -2.23. The van der Waals surface area contributed by atoms with E-state index in [0.717, 1.165) is 18.1 Å². The molecule has 2 N–H and O–H groups in total. The molecule has 1 aromatic heterocycles. The summed E-state index contributed by atoms with van der Waals surface area (Å²) in [7, 11) is 0. The Morgan fingerprint density at radius 2 is 2.11 bits per heavy atom. The first-order valence-corrected chi connectivity index (χ1v) is 6.25. The number of aromatic nitrogens is 1. The summed E-state index contributed by atoms with van der Waals surface area (Å²) >= 11 is 5.88. The summed E-state index contributed by atoms with van der Waals surface area (Å²) in [4.78, 5) is 6.39. The Bertz CT molecular complexity index is 554. The van der Waals surface area contributed by atoms with E-state index in [4.69, 9.17) is 17.3 Å². The molecule has 2 aromatic rings. The van der Waals surface area contributed by atoms with Crippen molar-refractivity contribution < 1.29 is 0 Å². The van der Waals surface area contributed by atoms with E-state index in [1.165, 1.54) is 5.56 Å². The standard InChI is InChI=1S/C14H16ClN3/c1-3-18(12-6-4-5-10(2)7-12)14-13(16)8-11(15)9-17-14/h4-9H,3,16H2,1-2H3. The summed E-state index contributed by atoms with van der Waals surface area (Å²) in [5.74, 6) is 0.743. The highest BCUT2D eigenvalue weighted by atomic mass is 35.5. The second-order valence-corrected chi connectivity index (χ2v) is 4.59. The summed E-state index contributed by atoms with van der Waals surface area (Å²) < 4.78 is 0. The molecule has 1 aromatic carbocycles. The van der Waals surface area contributed by atoms with E-state index in [0.29, 0.717) is 10.7 Å². The van der Waals surface area contributed by atoms with Gasteiger partial charge >= 0.3 is 0 Å². The van der Waals surface area contributed by atoms with Crippen LogP contribution in [0.25, 0.3) is 0 Å². The van der Waals surface area contributed by atoms with E-state index in [9.17, 15) is 0 Å². The van der Waals surface area contributed by atoms with Gasteiger partial charge in [-0.15, -0.1) is 0 Å². The zero-order valence-electron chi connectivity index (χ0n) is 10.5. The Morgan fingerprint density at radius 1 is 1.33 bits per heavy atom. The fourth-order valence-electron chi connectivity index (χ4n) is 1.92. The van der Waals surface area contributed by atoms with Gasteiger partial charge in [-0.1, -0.05) is 23.7 Å². The second kappa shape index (κ2) is 5.27. The van der Waals surface area contributed by atoms with Crippen LogP contribution in [0.15, 0.2) is 36.5 Å². The Morgan fingerprint density at radius 3 is 2.72 bits per heavy atom. The predicted molar refractivity (Wildman–Crippen MR) is 77.5 cm³/mol. The number of anilines is 3. The van der Waals surface area contributed by atoms with E-state index >= 15 is 0 Å². The molecule has 18 heavy (non-hydrogen) atoms. The van der Waals surface area contributed by atoms with E-state index in [1.807, 2.05) is 12.1 Å². The number of nitrogens with two attached hydrogens (primary N) is 1. The first kappa shape index (κ1) is 12.7. The van der Waals surface area contributed by atoms with Crippen LogP contribution in [0.3, 0.4) is 0 Å². The van der Waals surface area contributed by atoms with Crippen molar-refractivity contribution in [2.24, 2.45) is 0 Å². The van der Waals surface area contributed by atoms with Crippen molar-refractivity contribution in [3.63, 3.8) is 0 Å². The monoisotopic (exact) mass is 261 g/mol. The number of nitrogen functional groups attached to an aromatic ring is 1. The molecule has 0 saturated carbocycles. The van der Waals surface area contributed by atoms with Gasteiger partial charge in [0, 0.05) is 18.4 Å². The highest BCUT2D eigenvalue weighted by Crippen LogP contribution is 2.29. The average Bonchev–Trinajstić information content (AvgIpc) is 2.33. The van der Waals surface area contributed by atoms with Gasteiger partial charge in [0.1, 0.15) is 0 Å². The summed E-state index contributed by atoms with van der Waals surface area (Å²) in [6.45, 7) is 4.93. The molecule has 3 nitrogen and oxygen atoms in total. The third kappa shape index (κ3) is 2.57. The minimum Gasteiger partial charge on any atom is -0.396 e. The van der Waals surface area contributed by atoms with Crippen LogP contribution in [0, 0.1) is 6.92 Å². The van der Waals surface area contributed by atoms with Crippen LogP contribution in [-0.2, 0) is 0 Å². The van der Waals surface area contributed by atoms with Gasteiger partial charge < -0.3 is 10.6 Å². The Hall–Kier alpha value is -1.74. The lowest BCUT2D eigenvalue weighted by atomic mass is 10.2. The minimum atomic E-state index is 0.552. The minimum absolute atomic E-state index is 0.552. The number of rotatable bonds is 3. The van der Waals surface area contributed by atoms with E-state index in [-0.39, 0.29) is 0 Å². The van der Waals surface area contributed by atoms with Crippen LogP contribution in [0.1, 0.15) is 12.5 Å². The van der Waals surface area contributed by atoms with Crippen molar-refractivity contribution in [1.29, 1.82) is 0 Å². The number of nitrogens with zero attached hydrogens (tertiary/aromatic N) is 2. The molecule has 0 saturated heterocycles. The van der Waals surface area contributed by atoms with Gasteiger partial charge in [0.25, 0.3) is 0 Å². The van der Waals surface area contributed by atoms with Crippen molar-refractivity contribution in [2.45, 2.75) is 13.8 Å². The largest absolute Gasteiger partial charge is 0.396 e. The first-order chi connectivity index (χ1) is 8.61. The number of hydrogen-bond donors (Lipinski definition) is 1. The fraction of sp³-hybridized carbons (Fsp3) is 0.214. The van der Waals surface area contributed by atoms with E-state index in [2.05, 4.69) is 35.9 Å². The van der Waals surface area contributed by atoms with E-state index < -0.39 is 0 Å². The first-order valence-electron chi connectivity index (χ1n) is 5.87. The van der Waals surface area contributed by atoms with Gasteiger partial charge in [-0.2, -0.15) is 0 Å². The van der Waals surface area contributed by atoms with Gasteiger partial charge in [-0.05, 0) is 37.6 Å². The maximum absolute atomic E-state index is 5.98. The van der Waals surface area contributed by atoms with Crippen molar-refractivity contribution >= 4 is 28.8 Å². The van der Waals surface area contributed by atoms with Gasteiger partial charge in [-0.3, -0.25) is 0 Å². The zero-order valence-corrected chi connectivity index (χ0v) is 11.3. The van der Waals surface area contributed by atoms with Gasteiger partial charge in [0.2, 0.25) is 0 Å². The number of benzene rings is 1. The molecular formula is C14H16ClN3. The molecule has 0 aliphatic carbocycles. The van der Waals surface area contributed by atoms with Crippen LogP contribution >= 0.6 is 11.6 Å². The van der Waals surface area contributed by atoms with Crippen LogP contribution in [0.2, 0.25) is 5.02 Å². The third-order valence-electron chi connectivity index (χ3n) is 2.75.